The minimum absolute atomic E-state index is 0.741. The molecule has 1 N–H and O–H groups in total. The molecule has 0 amide bonds. The fourth-order valence-corrected chi connectivity index (χ4v) is 2.33. The normalized spacial score (nSPS) is 13.8. The lowest BCUT2D eigenvalue weighted by Crippen LogP contribution is -1.98. The standard InChI is InChI=1S/C12H12N2OS/c1-2-11(3-10-7-15-6-9(1)10)14-5-12-4-13-8-16-12/h1-4,8,14H,5-7H2. The Labute approximate surface area is 98.1 Å². The summed E-state index contributed by atoms with van der Waals surface area (Å²) in [5.41, 5.74) is 5.61. The van der Waals surface area contributed by atoms with Crippen molar-refractivity contribution in [2.75, 3.05) is 5.32 Å². The van der Waals surface area contributed by atoms with E-state index >= 15 is 0 Å². The Kier molecular flexibility index (Phi) is 2.60. The highest BCUT2D eigenvalue weighted by atomic mass is 32.1. The van der Waals surface area contributed by atoms with Crippen molar-refractivity contribution in [1.29, 1.82) is 0 Å². The quantitative estimate of drug-likeness (QED) is 0.883. The smallest absolute Gasteiger partial charge is 0.0794 e. The van der Waals surface area contributed by atoms with Crippen LogP contribution in [-0.4, -0.2) is 4.98 Å². The Balaban J connectivity index is 1.71. The molecule has 1 aromatic heterocycles. The van der Waals surface area contributed by atoms with Crippen molar-refractivity contribution in [3.63, 3.8) is 0 Å². The summed E-state index contributed by atoms with van der Waals surface area (Å²) in [5, 5.41) is 3.39. The second-order valence-electron chi connectivity index (χ2n) is 3.80. The number of aromatic nitrogens is 1. The molecule has 1 aliphatic heterocycles. The number of anilines is 1. The van der Waals surface area contributed by atoms with Gasteiger partial charge in [0.25, 0.3) is 0 Å². The molecule has 1 aromatic carbocycles. The largest absolute Gasteiger partial charge is 0.380 e. The number of nitrogens with one attached hydrogen (secondary N) is 1. The Hall–Kier alpha value is -1.39. The molecule has 4 heteroatoms. The zero-order chi connectivity index (χ0) is 10.8. The summed E-state index contributed by atoms with van der Waals surface area (Å²) in [5.74, 6) is 0. The summed E-state index contributed by atoms with van der Waals surface area (Å²) < 4.78 is 5.38. The van der Waals surface area contributed by atoms with Crippen LogP contribution in [0, 0.1) is 0 Å². The molecule has 0 saturated carbocycles. The van der Waals surface area contributed by atoms with Crippen molar-refractivity contribution in [2.45, 2.75) is 19.8 Å². The highest BCUT2D eigenvalue weighted by molar-refractivity contribution is 7.09. The van der Waals surface area contributed by atoms with E-state index in [0.717, 1.165) is 25.4 Å². The number of hydrogen-bond donors (Lipinski definition) is 1. The summed E-state index contributed by atoms with van der Waals surface area (Å²) >= 11 is 1.67. The van der Waals surface area contributed by atoms with E-state index in [1.54, 1.807) is 11.3 Å². The van der Waals surface area contributed by atoms with E-state index in [4.69, 9.17) is 4.74 Å². The Morgan fingerprint density at radius 2 is 2.25 bits per heavy atom. The average molecular weight is 232 g/mol. The molecule has 0 aliphatic carbocycles. The van der Waals surface area contributed by atoms with Crippen LogP contribution < -0.4 is 5.32 Å². The molecule has 1 aliphatic rings. The number of nitrogens with zero attached hydrogens (tertiary/aromatic N) is 1. The number of ether oxygens (including phenoxy) is 1. The van der Waals surface area contributed by atoms with E-state index in [0.29, 0.717) is 0 Å². The van der Waals surface area contributed by atoms with Gasteiger partial charge in [-0.15, -0.1) is 11.3 Å². The van der Waals surface area contributed by atoms with Gasteiger partial charge < -0.3 is 10.1 Å². The first-order valence-corrected chi connectivity index (χ1v) is 6.10. The third-order valence-corrected chi connectivity index (χ3v) is 3.45. The molecule has 0 radical (unpaired) electrons. The zero-order valence-electron chi connectivity index (χ0n) is 8.77. The molecule has 0 spiro atoms. The summed E-state index contributed by atoms with van der Waals surface area (Å²) in [6, 6.07) is 6.41. The maximum atomic E-state index is 5.38. The molecule has 3 nitrogen and oxygen atoms in total. The van der Waals surface area contributed by atoms with Crippen molar-refractivity contribution in [3.05, 3.63) is 45.9 Å². The third kappa shape index (κ3) is 1.94. The van der Waals surface area contributed by atoms with Crippen LogP contribution in [0.25, 0.3) is 0 Å². The van der Waals surface area contributed by atoms with Gasteiger partial charge in [0.05, 0.1) is 25.3 Å². The van der Waals surface area contributed by atoms with E-state index in [9.17, 15) is 0 Å². The first-order chi connectivity index (χ1) is 7.92. The summed E-state index contributed by atoms with van der Waals surface area (Å²) in [6.45, 7) is 2.33. The fraction of sp³-hybridized carbons (Fsp3) is 0.250. The molecular formula is C12H12N2OS. The molecule has 0 bridgehead atoms. The van der Waals surface area contributed by atoms with Crippen molar-refractivity contribution < 1.29 is 4.74 Å². The number of benzene rings is 1. The van der Waals surface area contributed by atoms with Crippen LogP contribution in [0.3, 0.4) is 0 Å². The van der Waals surface area contributed by atoms with E-state index < -0.39 is 0 Å². The van der Waals surface area contributed by atoms with Crippen molar-refractivity contribution in [3.8, 4) is 0 Å². The van der Waals surface area contributed by atoms with Crippen LogP contribution in [0.15, 0.2) is 29.9 Å². The Morgan fingerprint density at radius 3 is 3.12 bits per heavy atom. The van der Waals surface area contributed by atoms with Crippen molar-refractivity contribution >= 4 is 17.0 Å². The predicted molar refractivity (Wildman–Crippen MR) is 64.4 cm³/mol. The summed E-state index contributed by atoms with van der Waals surface area (Å²) in [4.78, 5) is 5.30. The zero-order valence-corrected chi connectivity index (χ0v) is 9.59. The molecule has 0 fully saturated rings. The third-order valence-electron chi connectivity index (χ3n) is 2.67. The number of rotatable bonds is 3. The predicted octanol–water partition coefficient (Wildman–Crippen LogP) is 2.79. The highest BCUT2D eigenvalue weighted by Crippen LogP contribution is 2.23. The van der Waals surface area contributed by atoms with Gasteiger partial charge in [-0.2, -0.15) is 0 Å². The molecule has 2 heterocycles. The van der Waals surface area contributed by atoms with Crippen molar-refractivity contribution in [1.82, 2.24) is 4.98 Å². The molecule has 82 valence electrons. The lowest BCUT2D eigenvalue weighted by molar-refractivity contribution is 0.134. The molecule has 0 unspecified atom stereocenters. The second-order valence-corrected chi connectivity index (χ2v) is 4.77. The lowest BCUT2D eigenvalue weighted by Gasteiger charge is -2.06. The van der Waals surface area contributed by atoms with Gasteiger partial charge in [0.2, 0.25) is 0 Å². The van der Waals surface area contributed by atoms with Gasteiger partial charge in [-0.05, 0) is 23.3 Å². The van der Waals surface area contributed by atoms with Gasteiger partial charge in [0.1, 0.15) is 0 Å². The molecule has 0 atom stereocenters. The van der Waals surface area contributed by atoms with Gasteiger partial charge in [-0.1, -0.05) is 6.07 Å². The maximum Gasteiger partial charge on any atom is 0.0794 e. The van der Waals surface area contributed by atoms with Gasteiger partial charge in [0.15, 0.2) is 0 Å². The van der Waals surface area contributed by atoms with Crippen LogP contribution in [-0.2, 0) is 24.5 Å². The number of fused-ring (bicyclic) bond motifs is 1. The van der Waals surface area contributed by atoms with Crippen LogP contribution in [0.5, 0.6) is 0 Å². The van der Waals surface area contributed by atoms with Crippen LogP contribution >= 0.6 is 11.3 Å². The van der Waals surface area contributed by atoms with Gasteiger partial charge >= 0.3 is 0 Å². The van der Waals surface area contributed by atoms with E-state index in [2.05, 4.69) is 28.5 Å². The molecule has 0 saturated heterocycles. The fourth-order valence-electron chi connectivity index (χ4n) is 1.80. The van der Waals surface area contributed by atoms with Crippen LogP contribution in [0.1, 0.15) is 16.0 Å². The van der Waals surface area contributed by atoms with E-state index in [1.807, 2.05) is 11.7 Å². The second kappa shape index (κ2) is 4.23. The molecule has 3 rings (SSSR count). The van der Waals surface area contributed by atoms with Crippen molar-refractivity contribution in [2.24, 2.45) is 0 Å². The summed E-state index contributed by atoms with van der Waals surface area (Å²) in [7, 11) is 0. The topological polar surface area (TPSA) is 34.2 Å². The molecular weight excluding hydrogens is 220 g/mol. The van der Waals surface area contributed by atoms with E-state index in [-0.39, 0.29) is 0 Å². The minimum atomic E-state index is 0.741. The molecule has 2 aromatic rings. The monoisotopic (exact) mass is 232 g/mol. The van der Waals surface area contributed by atoms with Gasteiger partial charge in [-0.3, -0.25) is 4.98 Å². The molecule has 16 heavy (non-hydrogen) atoms. The van der Waals surface area contributed by atoms with Crippen LogP contribution in [0.4, 0.5) is 5.69 Å². The average Bonchev–Trinajstić information content (AvgIpc) is 2.97. The minimum Gasteiger partial charge on any atom is -0.380 e. The SMILES string of the molecule is c1ncc(CNc2ccc3c(c2)COC3)s1. The summed E-state index contributed by atoms with van der Waals surface area (Å²) in [6.07, 6.45) is 1.90. The van der Waals surface area contributed by atoms with Gasteiger partial charge in [-0.25, -0.2) is 0 Å². The Morgan fingerprint density at radius 1 is 1.31 bits per heavy atom. The van der Waals surface area contributed by atoms with E-state index in [1.165, 1.54) is 16.0 Å². The lowest BCUT2D eigenvalue weighted by atomic mass is 10.1. The number of thiazole rings is 1. The number of hydrogen-bond acceptors (Lipinski definition) is 4. The maximum absolute atomic E-state index is 5.38. The van der Waals surface area contributed by atoms with Gasteiger partial charge in [0, 0.05) is 16.8 Å². The Bertz CT molecular complexity index is 482. The highest BCUT2D eigenvalue weighted by Gasteiger charge is 2.10. The first-order valence-electron chi connectivity index (χ1n) is 5.22. The first kappa shape index (κ1) is 9.81. The van der Waals surface area contributed by atoms with Crippen LogP contribution in [0.2, 0.25) is 0 Å².